The second-order valence-corrected chi connectivity index (χ2v) is 8.88. The first kappa shape index (κ1) is 22.2. The molecule has 1 fully saturated rings. The number of hydrogen-bond acceptors (Lipinski definition) is 6. The Morgan fingerprint density at radius 3 is 2.79 bits per heavy atom. The molecule has 10 heteroatoms. The van der Waals surface area contributed by atoms with Gasteiger partial charge in [0.1, 0.15) is 12.6 Å². The van der Waals surface area contributed by atoms with Crippen LogP contribution in [-0.2, 0) is 25.7 Å². The second-order valence-electron chi connectivity index (χ2n) is 7.88. The fourth-order valence-corrected chi connectivity index (χ4v) is 3.88. The summed E-state index contributed by atoms with van der Waals surface area (Å²) in [5.74, 6) is 0.646. The highest BCUT2D eigenvalue weighted by Gasteiger charge is 2.36. The summed E-state index contributed by atoms with van der Waals surface area (Å²) < 4.78 is 6.32. The van der Waals surface area contributed by atoms with Gasteiger partial charge in [0.25, 0.3) is 0 Å². The van der Waals surface area contributed by atoms with Gasteiger partial charge in [-0.05, 0) is 5.41 Å². The van der Waals surface area contributed by atoms with Crippen LogP contribution < -0.4 is 10.6 Å². The van der Waals surface area contributed by atoms with E-state index in [1.165, 1.54) is 10.9 Å². The van der Waals surface area contributed by atoms with Gasteiger partial charge in [-0.1, -0.05) is 20.8 Å². The molecule has 1 aromatic rings. The van der Waals surface area contributed by atoms with Gasteiger partial charge in [-0.25, -0.2) is 0 Å². The highest BCUT2D eigenvalue weighted by Crippen LogP contribution is 2.27. The fourth-order valence-electron chi connectivity index (χ4n) is 2.70. The van der Waals surface area contributed by atoms with E-state index < -0.39 is 6.04 Å². The predicted molar refractivity (Wildman–Crippen MR) is 108 cm³/mol. The number of thioether (sulfide) groups is 1. The van der Waals surface area contributed by atoms with Crippen LogP contribution in [0.2, 0.25) is 0 Å². The van der Waals surface area contributed by atoms with Crippen molar-refractivity contribution in [2.45, 2.75) is 39.8 Å². The first-order chi connectivity index (χ1) is 13.2. The van der Waals surface area contributed by atoms with Crippen molar-refractivity contribution < 1.29 is 19.1 Å². The molecule has 1 atom stereocenters. The molecule has 28 heavy (non-hydrogen) atoms. The van der Waals surface area contributed by atoms with E-state index in [0.29, 0.717) is 36.9 Å². The van der Waals surface area contributed by atoms with E-state index in [4.69, 9.17) is 4.74 Å². The Morgan fingerprint density at radius 1 is 1.36 bits per heavy atom. The predicted octanol–water partition coefficient (Wildman–Crippen LogP) is 0.922. The van der Waals surface area contributed by atoms with E-state index in [1.807, 2.05) is 20.8 Å². The highest BCUT2D eigenvalue weighted by atomic mass is 32.2. The quantitative estimate of drug-likeness (QED) is 0.617. The molecule has 9 nitrogen and oxygen atoms in total. The molecule has 0 saturated carbocycles. The van der Waals surface area contributed by atoms with Crippen LogP contribution in [0.5, 0.6) is 0 Å². The number of rotatable bonds is 8. The van der Waals surface area contributed by atoms with Gasteiger partial charge < -0.3 is 20.3 Å². The first-order valence-electron chi connectivity index (χ1n) is 9.16. The Morgan fingerprint density at radius 2 is 2.11 bits per heavy atom. The minimum absolute atomic E-state index is 0.0129. The molecule has 1 aliphatic rings. The van der Waals surface area contributed by atoms with Crippen LogP contribution in [-0.4, -0.2) is 70.3 Å². The van der Waals surface area contributed by atoms with Crippen LogP contribution in [0.25, 0.3) is 0 Å². The average molecular weight is 412 g/mol. The molecule has 0 radical (unpaired) electrons. The summed E-state index contributed by atoms with van der Waals surface area (Å²) in [4.78, 5) is 38.6. The molecule has 0 spiro atoms. The average Bonchev–Trinajstić information content (AvgIpc) is 3.23. The number of carbonyl (C=O) groups excluding carboxylic acids is 3. The lowest BCUT2D eigenvalue weighted by atomic mass is 9.91. The van der Waals surface area contributed by atoms with Gasteiger partial charge in [-0.2, -0.15) is 5.10 Å². The van der Waals surface area contributed by atoms with Gasteiger partial charge in [0.05, 0.1) is 24.4 Å². The molecular weight excluding hydrogens is 382 g/mol. The van der Waals surface area contributed by atoms with E-state index in [2.05, 4.69) is 15.7 Å². The smallest absolute Gasteiger partial charge is 0.248 e. The molecule has 1 aromatic heterocycles. The van der Waals surface area contributed by atoms with Gasteiger partial charge >= 0.3 is 0 Å². The standard InChI is InChI=1S/C18H29N5O4S/c1-18(2,3)7-16(25)23-12-28-11-14(23)17(26)21-13-8-20-22(9-13)10-15(24)19-5-6-27-4/h8-9,14H,5-7,10-12H2,1-4H3,(H,19,24)(H,21,26)/t14-/m0/s1. The normalized spacial score (nSPS) is 16.9. The van der Waals surface area contributed by atoms with Crippen molar-refractivity contribution in [2.24, 2.45) is 5.41 Å². The van der Waals surface area contributed by atoms with Crippen molar-refractivity contribution in [3.05, 3.63) is 12.4 Å². The lowest BCUT2D eigenvalue weighted by Crippen LogP contribution is -2.45. The summed E-state index contributed by atoms with van der Waals surface area (Å²) in [5.41, 5.74) is 0.367. The first-order valence-corrected chi connectivity index (χ1v) is 10.3. The number of aromatic nitrogens is 2. The Kier molecular flexibility index (Phi) is 7.88. The summed E-state index contributed by atoms with van der Waals surface area (Å²) in [7, 11) is 1.56. The number of hydrogen-bond donors (Lipinski definition) is 2. The monoisotopic (exact) mass is 411 g/mol. The number of nitrogens with zero attached hydrogens (tertiary/aromatic N) is 3. The molecule has 0 aromatic carbocycles. The van der Waals surface area contributed by atoms with E-state index in [9.17, 15) is 14.4 Å². The lowest BCUT2D eigenvalue weighted by Gasteiger charge is -2.26. The third-order valence-corrected chi connectivity index (χ3v) is 5.03. The maximum atomic E-state index is 12.7. The van der Waals surface area contributed by atoms with Gasteiger partial charge in [0, 0.05) is 32.0 Å². The molecule has 0 unspecified atom stereocenters. The SMILES string of the molecule is COCCNC(=O)Cn1cc(NC(=O)[C@@H]2CSCN2C(=O)CC(C)(C)C)cn1. The Labute approximate surface area is 169 Å². The number of carbonyl (C=O) groups is 3. The van der Waals surface area contributed by atoms with E-state index in [-0.39, 0.29) is 29.7 Å². The van der Waals surface area contributed by atoms with E-state index in [0.717, 1.165) is 0 Å². The topological polar surface area (TPSA) is 106 Å². The second kappa shape index (κ2) is 9.92. The fraction of sp³-hybridized carbons (Fsp3) is 0.667. The molecule has 0 aliphatic carbocycles. The highest BCUT2D eigenvalue weighted by molar-refractivity contribution is 7.99. The van der Waals surface area contributed by atoms with Crippen LogP contribution in [0, 0.1) is 5.41 Å². The molecule has 2 heterocycles. The maximum Gasteiger partial charge on any atom is 0.248 e. The van der Waals surface area contributed by atoms with Gasteiger partial charge in [0.15, 0.2) is 0 Å². The van der Waals surface area contributed by atoms with Crippen molar-refractivity contribution in [2.75, 3.05) is 37.2 Å². The van der Waals surface area contributed by atoms with Gasteiger partial charge in [0.2, 0.25) is 17.7 Å². The summed E-state index contributed by atoms with van der Waals surface area (Å²) in [6.45, 7) is 6.93. The van der Waals surface area contributed by atoms with Crippen LogP contribution in [0.1, 0.15) is 27.2 Å². The molecule has 0 bridgehead atoms. The largest absolute Gasteiger partial charge is 0.383 e. The summed E-state index contributed by atoms with van der Waals surface area (Å²) >= 11 is 1.57. The third-order valence-electron chi connectivity index (χ3n) is 4.02. The van der Waals surface area contributed by atoms with Gasteiger partial charge in [-0.3, -0.25) is 19.1 Å². The van der Waals surface area contributed by atoms with Crippen molar-refractivity contribution in [1.82, 2.24) is 20.0 Å². The lowest BCUT2D eigenvalue weighted by molar-refractivity contribution is -0.137. The summed E-state index contributed by atoms with van der Waals surface area (Å²) in [6, 6.07) is -0.499. The zero-order valence-electron chi connectivity index (χ0n) is 16.9. The van der Waals surface area contributed by atoms with Crippen molar-refractivity contribution in [3.8, 4) is 0 Å². The number of ether oxygens (including phenoxy) is 1. The maximum absolute atomic E-state index is 12.7. The van der Waals surface area contributed by atoms with Crippen LogP contribution in [0.4, 0.5) is 5.69 Å². The van der Waals surface area contributed by atoms with Crippen molar-refractivity contribution in [3.63, 3.8) is 0 Å². The van der Waals surface area contributed by atoms with Crippen molar-refractivity contribution in [1.29, 1.82) is 0 Å². The number of amides is 3. The number of anilines is 1. The number of methoxy groups -OCH3 is 1. The zero-order valence-corrected chi connectivity index (χ0v) is 17.7. The van der Waals surface area contributed by atoms with E-state index >= 15 is 0 Å². The summed E-state index contributed by atoms with van der Waals surface area (Å²) in [6.07, 6.45) is 3.48. The molecule has 1 aliphatic heterocycles. The molecule has 3 amide bonds. The third kappa shape index (κ3) is 6.83. The van der Waals surface area contributed by atoms with E-state index in [1.54, 1.807) is 30.0 Å². The van der Waals surface area contributed by atoms with Crippen molar-refractivity contribution >= 4 is 35.2 Å². The molecule has 2 rings (SSSR count). The molecule has 1 saturated heterocycles. The van der Waals surface area contributed by atoms with Crippen LogP contribution in [0.15, 0.2) is 12.4 Å². The molecule has 2 N–H and O–H groups in total. The minimum Gasteiger partial charge on any atom is -0.383 e. The van der Waals surface area contributed by atoms with Crippen LogP contribution in [0.3, 0.4) is 0 Å². The summed E-state index contributed by atoms with van der Waals surface area (Å²) in [5, 5.41) is 9.59. The molecule has 156 valence electrons. The Balaban J connectivity index is 1.89. The zero-order chi connectivity index (χ0) is 20.7. The van der Waals surface area contributed by atoms with Gasteiger partial charge in [-0.15, -0.1) is 11.8 Å². The minimum atomic E-state index is -0.499. The Hall–Kier alpha value is -2.07. The molecular formula is C18H29N5O4S. The van der Waals surface area contributed by atoms with Crippen LogP contribution >= 0.6 is 11.8 Å². The Bertz CT molecular complexity index is 700. The number of nitrogens with one attached hydrogen (secondary N) is 2.